The molecule has 3 nitrogen and oxygen atoms in total. The summed E-state index contributed by atoms with van der Waals surface area (Å²) in [7, 11) is 1.63. The number of ether oxygens (including phenoxy) is 1. The largest absolute Gasteiger partial charge is 0.473 e. The van der Waals surface area contributed by atoms with Crippen LogP contribution in [0.3, 0.4) is 0 Å². The van der Waals surface area contributed by atoms with Crippen molar-refractivity contribution in [2.75, 3.05) is 7.11 Å². The molecule has 11 heavy (non-hydrogen) atoms. The lowest BCUT2D eigenvalue weighted by atomic mass is 10.4. The molecule has 0 aliphatic heterocycles. The van der Waals surface area contributed by atoms with Crippen LogP contribution < -0.4 is 10.5 Å². The fraction of sp³-hybridized carbons (Fsp3) is 0.571. The van der Waals surface area contributed by atoms with Gasteiger partial charge in [0, 0.05) is 23.0 Å². The van der Waals surface area contributed by atoms with Gasteiger partial charge in [-0.2, -0.15) is 0 Å². The minimum absolute atomic E-state index is 0.361. The first kappa shape index (κ1) is 7.06. The van der Waals surface area contributed by atoms with Crippen molar-refractivity contribution < 1.29 is 4.74 Å². The molecule has 1 saturated carbocycles. The monoisotopic (exact) mass is 170 g/mol. The Morgan fingerprint density at radius 2 is 2.55 bits per heavy atom. The second-order valence-electron chi connectivity index (χ2n) is 2.74. The Kier molecular flexibility index (Phi) is 1.58. The van der Waals surface area contributed by atoms with Gasteiger partial charge in [-0.3, -0.25) is 0 Å². The SMILES string of the molecule is COc1ncc(C2CC2N)s1. The summed E-state index contributed by atoms with van der Waals surface area (Å²) in [5.74, 6) is 0.552. The van der Waals surface area contributed by atoms with Crippen LogP contribution in [0, 0.1) is 0 Å². The van der Waals surface area contributed by atoms with Gasteiger partial charge < -0.3 is 10.5 Å². The lowest BCUT2D eigenvalue weighted by Gasteiger charge is -1.88. The third-order valence-electron chi connectivity index (χ3n) is 1.88. The molecule has 1 heterocycles. The molecule has 0 bridgehead atoms. The molecule has 4 heteroatoms. The molecule has 1 aromatic heterocycles. The van der Waals surface area contributed by atoms with Crippen LogP contribution in [-0.4, -0.2) is 18.1 Å². The Morgan fingerprint density at radius 3 is 3.00 bits per heavy atom. The molecule has 60 valence electrons. The van der Waals surface area contributed by atoms with Gasteiger partial charge in [-0.25, -0.2) is 4.98 Å². The van der Waals surface area contributed by atoms with Gasteiger partial charge in [0.15, 0.2) is 0 Å². The quantitative estimate of drug-likeness (QED) is 0.719. The van der Waals surface area contributed by atoms with Gasteiger partial charge in [-0.1, -0.05) is 11.3 Å². The second kappa shape index (κ2) is 2.46. The zero-order valence-electron chi connectivity index (χ0n) is 6.28. The molecule has 2 atom stereocenters. The molecule has 1 aromatic rings. The summed E-state index contributed by atoms with van der Waals surface area (Å²) in [6.07, 6.45) is 2.96. The van der Waals surface area contributed by atoms with Crippen molar-refractivity contribution in [1.29, 1.82) is 0 Å². The molecule has 0 amide bonds. The summed E-state index contributed by atoms with van der Waals surface area (Å²) >= 11 is 1.59. The molecule has 1 aliphatic carbocycles. The molecule has 2 unspecified atom stereocenters. The highest BCUT2D eigenvalue weighted by atomic mass is 32.1. The number of methoxy groups -OCH3 is 1. The van der Waals surface area contributed by atoms with E-state index in [2.05, 4.69) is 4.98 Å². The van der Waals surface area contributed by atoms with Crippen molar-refractivity contribution in [2.24, 2.45) is 5.73 Å². The number of thiazole rings is 1. The van der Waals surface area contributed by atoms with Crippen molar-refractivity contribution >= 4 is 11.3 Å². The van der Waals surface area contributed by atoms with E-state index in [9.17, 15) is 0 Å². The molecule has 0 saturated heterocycles. The van der Waals surface area contributed by atoms with Gasteiger partial charge in [0.25, 0.3) is 5.19 Å². The molecular weight excluding hydrogens is 160 g/mol. The topological polar surface area (TPSA) is 48.1 Å². The highest BCUT2D eigenvalue weighted by molar-refractivity contribution is 7.13. The first-order valence-electron chi connectivity index (χ1n) is 3.56. The molecule has 0 radical (unpaired) electrons. The molecule has 0 aromatic carbocycles. The lowest BCUT2D eigenvalue weighted by molar-refractivity contribution is 0.412. The summed E-state index contributed by atoms with van der Waals surface area (Å²) in [6, 6.07) is 0.361. The molecule has 1 aliphatic rings. The number of hydrogen-bond acceptors (Lipinski definition) is 4. The van der Waals surface area contributed by atoms with Crippen molar-refractivity contribution in [2.45, 2.75) is 18.4 Å². The third-order valence-corrected chi connectivity index (χ3v) is 2.97. The van der Waals surface area contributed by atoms with Crippen molar-refractivity contribution in [3.63, 3.8) is 0 Å². The molecule has 2 rings (SSSR count). The van der Waals surface area contributed by atoms with Crippen LogP contribution in [-0.2, 0) is 0 Å². The maximum Gasteiger partial charge on any atom is 0.273 e. The number of hydrogen-bond donors (Lipinski definition) is 1. The smallest absolute Gasteiger partial charge is 0.273 e. The maximum absolute atomic E-state index is 5.69. The van der Waals surface area contributed by atoms with Crippen LogP contribution >= 0.6 is 11.3 Å². The summed E-state index contributed by atoms with van der Waals surface area (Å²) in [6.45, 7) is 0. The lowest BCUT2D eigenvalue weighted by Crippen LogP contribution is -1.99. The van der Waals surface area contributed by atoms with Crippen LogP contribution in [0.1, 0.15) is 17.2 Å². The van der Waals surface area contributed by atoms with E-state index in [0.29, 0.717) is 12.0 Å². The van der Waals surface area contributed by atoms with Gasteiger partial charge in [-0.05, 0) is 6.42 Å². The van der Waals surface area contributed by atoms with E-state index in [1.807, 2.05) is 6.20 Å². The summed E-state index contributed by atoms with van der Waals surface area (Å²) in [4.78, 5) is 5.33. The van der Waals surface area contributed by atoms with Gasteiger partial charge in [-0.15, -0.1) is 0 Å². The Bertz CT molecular complexity index is 261. The highest BCUT2D eigenvalue weighted by Crippen LogP contribution is 2.42. The predicted molar refractivity (Wildman–Crippen MR) is 44.0 cm³/mol. The normalized spacial score (nSPS) is 28.5. The Hall–Kier alpha value is -0.610. The van der Waals surface area contributed by atoms with E-state index < -0.39 is 0 Å². The first-order valence-corrected chi connectivity index (χ1v) is 4.38. The molecular formula is C7H10N2OS. The molecule has 0 spiro atoms. The Balaban J connectivity index is 2.13. The predicted octanol–water partition coefficient (Wildman–Crippen LogP) is 0.966. The van der Waals surface area contributed by atoms with Gasteiger partial charge in [0.2, 0.25) is 0 Å². The average Bonchev–Trinajstić information content (AvgIpc) is 2.59. The number of nitrogens with two attached hydrogens (primary N) is 1. The van der Waals surface area contributed by atoms with E-state index >= 15 is 0 Å². The summed E-state index contributed by atoms with van der Waals surface area (Å²) < 4.78 is 4.97. The van der Waals surface area contributed by atoms with Crippen LogP contribution in [0.5, 0.6) is 5.19 Å². The van der Waals surface area contributed by atoms with E-state index in [1.165, 1.54) is 4.88 Å². The van der Waals surface area contributed by atoms with E-state index in [0.717, 1.165) is 11.6 Å². The van der Waals surface area contributed by atoms with Crippen molar-refractivity contribution in [3.05, 3.63) is 11.1 Å². The van der Waals surface area contributed by atoms with Crippen molar-refractivity contribution in [1.82, 2.24) is 4.98 Å². The molecule has 1 fully saturated rings. The van der Waals surface area contributed by atoms with Gasteiger partial charge in [0.1, 0.15) is 0 Å². The Labute approximate surface area is 69.2 Å². The molecule has 2 N–H and O–H groups in total. The highest BCUT2D eigenvalue weighted by Gasteiger charge is 2.36. The fourth-order valence-corrected chi connectivity index (χ4v) is 2.00. The minimum Gasteiger partial charge on any atom is -0.473 e. The summed E-state index contributed by atoms with van der Waals surface area (Å²) in [5.41, 5.74) is 5.69. The van der Waals surface area contributed by atoms with Crippen LogP contribution in [0.2, 0.25) is 0 Å². The van der Waals surface area contributed by atoms with E-state index in [-0.39, 0.29) is 0 Å². The standard InChI is InChI=1S/C7H10N2OS/c1-10-7-9-3-6(11-7)4-2-5(4)8/h3-5H,2,8H2,1H3. The van der Waals surface area contributed by atoms with Crippen LogP contribution in [0.25, 0.3) is 0 Å². The maximum atomic E-state index is 5.69. The third kappa shape index (κ3) is 1.23. The number of rotatable bonds is 2. The average molecular weight is 170 g/mol. The number of nitrogens with zero attached hydrogens (tertiary/aromatic N) is 1. The van der Waals surface area contributed by atoms with E-state index in [4.69, 9.17) is 10.5 Å². The second-order valence-corrected chi connectivity index (χ2v) is 3.76. The Morgan fingerprint density at radius 1 is 1.82 bits per heavy atom. The summed E-state index contributed by atoms with van der Waals surface area (Å²) in [5, 5.41) is 0.735. The van der Waals surface area contributed by atoms with Crippen LogP contribution in [0.4, 0.5) is 0 Å². The minimum atomic E-state index is 0.361. The van der Waals surface area contributed by atoms with E-state index in [1.54, 1.807) is 18.4 Å². The van der Waals surface area contributed by atoms with Gasteiger partial charge in [0.05, 0.1) is 7.11 Å². The van der Waals surface area contributed by atoms with Crippen LogP contribution in [0.15, 0.2) is 6.20 Å². The zero-order chi connectivity index (χ0) is 7.84. The van der Waals surface area contributed by atoms with Crippen molar-refractivity contribution in [3.8, 4) is 5.19 Å². The first-order chi connectivity index (χ1) is 5.31. The zero-order valence-corrected chi connectivity index (χ0v) is 7.10. The fourth-order valence-electron chi connectivity index (χ4n) is 1.08. The number of aromatic nitrogens is 1. The van der Waals surface area contributed by atoms with Gasteiger partial charge >= 0.3 is 0 Å².